The molecule has 1 aliphatic rings. The lowest BCUT2D eigenvalue weighted by atomic mass is 10.1. The molecule has 0 bridgehead atoms. The van der Waals surface area contributed by atoms with Gasteiger partial charge in [-0.3, -0.25) is 9.59 Å². The van der Waals surface area contributed by atoms with Gasteiger partial charge in [0.15, 0.2) is 0 Å². The number of hydrogen-bond acceptors (Lipinski definition) is 5. The molecule has 1 saturated heterocycles. The Bertz CT molecular complexity index is 260. The van der Waals surface area contributed by atoms with Crippen molar-refractivity contribution >= 4 is 11.9 Å². The lowest BCUT2D eigenvalue weighted by molar-refractivity contribution is -0.235. The van der Waals surface area contributed by atoms with Gasteiger partial charge in [-0.05, 0) is 6.42 Å². The quantitative estimate of drug-likeness (QED) is 0.686. The minimum Gasteiger partial charge on any atom is -0.422 e. The molecule has 0 aromatic carbocycles. The van der Waals surface area contributed by atoms with E-state index in [0.717, 1.165) is 0 Å². The Hall–Kier alpha value is -1.10. The standard InChI is InChI=1S/C10H17NO4/c1-3-10(4-2)14-8(12)6-5-7(11)9(13)15-10/h7H,3-6,11H2,1-2H3/t7-/m0/s1. The number of esters is 2. The van der Waals surface area contributed by atoms with Gasteiger partial charge < -0.3 is 15.2 Å². The molecule has 0 amide bonds. The average molecular weight is 215 g/mol. The van der Waals surface area contributed by atoms with Gasteiger partial charge in [-0.1, -0.05) is 13.8 Å². The molecule has 1 fully saturated rings. The first kappa shape index (κ1) is 12.0. The number of rotatable bonds is 2. The zero-order chi connectivity index (χ0) is 11.5. The van der Waals surface area contributed by atoms with E-state index in [-0.39, 0.29) is 18.8 Å². The molecule has 5 nitrogen and oxygen atoms in total. The van der Waals surface area contributed by atoms with Crippen LogP contribution in [0.5, 0.6) is 0 Å². The van der Waals surface area contributed by atoms with Crippen LogP contribution in [-0.4, -0.2) is 23.8 Å². The summed E-state index contributed by atoms with van der Waals surface area (Å²) in [6.07, 6.45) is 1.32. The molecular formula is C10H17NO4. The zero-order valence-electron chi connectivity index (χ0n) is 9.12. The fourth-order valence-electron chi connectivity index (χ4n) is 1.47. The first-order chi connectivity index (χ1) is 7.03. The Morgan fingerprint density at radius 2 is 1.93 bits per heavy atom. The van der Waals surface area contributed by atoms with Gasteiger partial charge in [-0.25, -0.2) is 0 Å². The molecule has 0 saturated carbocycles. The predicted octanol–water partition coefficient (Wildman–Crippen LogP) is 0.710. The molecule has 0 aliphatic carbocycles. The van der Waals surface area contributed by atoms with Crippen LogP contribution in [0.25, 0.3) is 0 Å². The molecule has 1 atom stereocenters. The third-order valence-electron chi connectivity index (χ3n) is 2.63. The summed E-state index contributed by atoms with van der Waals surface area (Å²) in [4.78, 5) is 22.8. The molecule has 0 spiro atoms. The number of cyclic esters (lactones) is 2. The summed E-state index contributed by atoms with van der Waals surface area (Å²) < 4.78 is 10.3. The maximum absolute atomic E-state index is 11.5. The highest BCUT2D eigenvalue weighted by Crippen LogP contribution is 2.26. The largest absolute Gasteiger partial charge is 0.422 e. The van der Waals surface area contributed by atoms with Crippen molar-refractivity contribution in [2.24, 2.45) is 5.73 Å². The van der Waals surface area contributed by atoms with Crippen LogP contribution in [0, 0.1) is 0 Å². The fourth-order valence-corrected chi connectivity index (χ4v) is 1.47. The lowest BCUT2D eigenvalue weighted by Gasteiger charge is -2.33. The molecule has 86 valence electrons. The van der Waals surface area contributed by atoms with Gasteiger partial charge >= 0.3 is 11.9 Å². The van der Waals surface area contributed by atoms with Gasteiger partial charge in [-0.2, -0.15) is 0 Å². The van der Waals surface area contributed by atoms with Crippen molar-refractivity contribution < 1.29 is 19.1 Å². The Morgan fingerprint density at radius 1 is 1.33 bits per heavy atom. The number of carbonyl (C=O) groups excluding carboxylic acids is 2. The Kier molecular flexibility index (Phi) is 3.68. The van der Waals surface area contributed by atoms with Gasteiger partial charge in [0, 0.05) is 19.3 Å². The monoisotopic (exact) mass is 215 g/mol. The third kappa shape index (κ3) is 2.68. The number of hydrogen-bond donors (Lipinski definition) is 1. The summed E-state index contributed by atoms with van der Waals surface area (Å²) in [7, 11) is 0. The van der Waals surface area contributed by atoms with Crippen molar-refractivity contribution in [2.45, 2.75) is 51.4 Å². The summed E-state index contributed by atoms with van der Waals surface area (Å²) >= 11 is 0. The molecule has 1 rings (SSSR count). The summed E-state index contributed by atoms with van der Waals surface area (Å²) in [5.41, 5.74) is 5.56. The molecule has 0 unspecified atom stereocenters. The smallest absolute Gasteiger partial charge is 0.326 e. The minimum absolute atomic E-state index is 0.165. The second-order valence-electron chi connectivity index (χ2n) is 3.66. The number of carbonyl (C=O) groups is 2. The van der Waals surface area contributed by atoms with Crippen molar-refractivity contribution in [1.29, 1.82) is 0 Å². The highest BCUT2D eigenvalue weighted by atomic mass is 16.7. The molecule has 0 aromatic rings. The normalized spacial score (nSPS) is 26.2. The van der Waals surface area contributed by atoms with Crippen molar-refractivity contribution in [3.63, 3.8) is 0 Å². The molecule has 15 heavy (non-hydrogen) atoms. The van der Waals surface area contributed by atoms with Crippen molar-refractivity contribution in [3.8, 4) is 0 Å². The molecule has 0 radical (unpaired) electrons. The van der Waals surface area contributed by atoms with Crippen LogP contribution in [-0.2, 0) is 19.1 Å². The van der Waals surface area contributed by atoms with E-state index < -0.39 is 17.8 Å². The van der Waals surface area contributed by atoms with E-state index in [9.17, 15) is 9.59 Å². The maximum Gasteiger partial charge on any atom is 0.326 e. The molecule has 5 heteroatoms. The summed E-state index contributed by atoms with van der Waals surface area (Å²) in [6, 6.07) is -0.727. The highest BCUT2D eigenvalue weighted by molar-refractivity contribution is 5.78. The molecular weight excluding hydrogens is 198 g/mol. The van der Waals surface area contributed by atoms with Gasteiger partial charge in [-0.15, -0.1) is 0 Å². The Morgan fingerprint density at radius 3 is 2.47 bits per heavy atom. The van der Waals surface area contributed by atoms with E-state index in [1.807, 2.05) is 0 Å². The number of nitrogens with two attached hydrogens (primary N) is 1. The summed E-state index contributed by atoms with van der Waals surface area (Å²) in [5, 5.41) is 0. The van der Waals surface area contributed by atoms with Crippen molar-refractivity contribution in [3.05, 3.63) is 0 Å². The lowest BCUT2D eigenvalue weighted by Crippen LogP contribution is -2.46. The predicted molar refractivity (Wildman–Crippen MR) is 52.7 cm³/mol. The van der Waals surface area contributed by atoms with E-state index in [0.29, 0.717) is 12.8 Å². The first-order valence-electron chi connectivity index (χ1n) is 5.23. The van der Waals surface area contributed by atoms with E-state index in [1.165, 1.54) is 0 Å². The topological polar surface area (TPSA) is 78.6 Å². The highest BCUT2D eigenvalue weighted by Gasteiger charge is 2.38. The summed E-state index contributed by atoms with van der Waals surface area (Å²) in [6.45, 7) is 3.61. The van der Waals surface area contributed by atoms with E-state index in [4.69, 9.17) is 15.2 Å². The third-order valence-corrected chi connectivity index (χ3v) is 2.63. The molecule has 1 heterocycles. The average Bonchev–Trinajstić information content (AvgIpc) is 2.23. The Labute approximate surface area is 88.9 Å². The second kappa shape index (κ2) is 4.61. The second-order valence-corrected chi connectivity index (χ2v) is 3.66. The van der Waals surface area contributed by atoms with Gasteiger partial charge in [0.25, 0.3) is 5.79 Å². The van der Waals surface area contributed by atoms with Crippen LogP contribution >= 0.6 is 0 Å². The zero-order valence-corrected chi connectivity index (χ0v) is 9.12. The molecule has 1 aliphatic heterocycles. The van der Waals surface area contributed by atoms with Gasteiger partial charge in [0.1, 0.15) is 6.04 Å². The first-order valence-corrected chi connectivity index (χ1v) is 5.23. The SMILES string of the molecule is CCC1(CC)OC(=O)CC[C@H](N)C(=O)O1. The van der Waals surface area contributed by atoms with Crippen LogP contribution < -0.4 is 5.73 Å². The van der Waals surface area contributed by atoms with Crippen LogP contribution in [0.15, 0.2) is 0 Å². The van der Waals surface area contributed by atoms with Crippen LogP contribution in [0.3, 0.4) is 0 Å². The van der Waals surface area contributed by atoms with Crippen LogP contribution in [0.2, 0.25) is 0 Å². The van der Waals surface area contributed by atoms with Crippen LogP contribution in [0.1, 0.15) is 39.5 Å². The van der Waals surface area contributed by atoms with E-state index in [1.54, 1.807) is 13.8 Å². The minimum atomic E-state index is -1.12. The van der Waals surface area contributed by atoms with E-state index >= 15 is 0 Å². The number of ether oxygens (including phenoxy) is 2. The maximum atomic E-state index is 11.5. The van der Waals surface area contributed by atoms with Crippen molar-refractivity contribution in [2.75, 3.05) is 0 Å². The Balaban J connectivity index is 2.85. The van der Waals surface area contributed by atoms with E-state index in [2.05, 4.69) is 0 Å². The fraction of sp³-hybridized carbons (Fsp3) is 0.800. The van der Waals surface area contributed by atoms with Gasteiger partial charge in [0.05, 0.1) is 0 Å². The molecule has 2 N–H and O–H groups in total. The summed E-state index contributed by atoms with van der Waals surface area (Å²) in [5.74, 6) is -1.97. The molecule has 0 aromatic heterocycles. The van der Waals surface area contributed by atoms with Crippen LogP contribution in [0.4, 0.5) is 0 Å². The van der Waals surface area contributed by atoms with Crippen molar-refractivity contribution in [1.82, 2.24) is 0 Å². The van der Waals surface area contributed by atoms with Gasteiger partial charge in [0.2, 0.25) is 0 Å².